The molecule has 2 heterocycles. The van der Waals surface area contributed by atoms with E-state index in [1.807, 2.05) is 30.3 Å². The Morgan fingerprint density at radius 3 is 2.82 bits per heavy atom. The molecule has 3 aromatic rings. The van der Waals surface area contributed by atoms with Crippen molar-refractivity contribution in [2.24, 2.45) is 5.92 Å². The van der Waals surface area contributed by atoms with Gasteiger partial charge in [0.25, 0.3) is 5.91 Å². The fourth-order valence-electron chi connectivity index (χ4n) is 4.61. The summed E-state index contributed by atoms with van der Waals surface area (Å²) in [5, 5.41) is 6.71. The molecule has 0 atom stereocenters. The van der Waals surface area contributed by atoms with E-state index in [0.29, 0.717) is 24.1 Å². The molecule has 1 aliphatic carbocycles. The number of carbonyl (C=O) groups excluding carboxylic acids is 1. The number of aromatic nitrogens is 2. The molecule has 0 spiro atoms. The first-order valence-electron chi connectivity index (χ1n) is 11.8. The summed E-state index contributed by atoms with van der Waals surface area (Å²) in [6.45, 7) is 4.22. The minimum Gasteiger partial charge on any atom is -0.385 e. The molecule has 0 bridgehead atoms. The third-order valence-corrected chi connectivity index (χ3v) is 7.66. The molecule has 1 N–H and O–H groups in total. The maximum Gasteiger partial charge on any atom is 0.253 e. The minimum absolute atomic E-state index is 0.0335. The molecule has 5 nitrogen and oxygen atoms in total. The second kappa shape index (κ2) is 11.3. The van der Waals surface area contributed by atoms with Crippen LogP contribution in [0, 0.1) is 12.8 Å². The summed E-state index contributed by atoms with van der Waals surface area (Å²) < 4.78 is 7.40. The van der Waals surface area contributed by atoms with E-state index in [4.69, 9.17) is 21.3 Å². The summed E-state index contributed by atoms with van der Waals surface area (Å²) in [6, 6.07) is 9.80. The molecule has 1 fully saturated rings. The van der Waals surface area contributed by atoms with E-state index in [-0.39, 0.29) is 5.91 Å². The van der Waals surface area contributed by atoms with Crippen molar-refractivity contribution in [3.8, 4) is 22.0 Å². The van der Waals surface area contributed by atoms with Crippen molar-refractivity contribution in [3.05, 3.63) is 52.0 Å². The Balaban J connectivity index is 1.65. The van der Waals surface area contributed by atoms with Gasteiger partial charge in [-0.15, -0.1) is 11.3 Å². The van der Waals surface area contributed by atoms with E-state index in [0.717, 1.165) is 46.2 Å². The van der Waals surface area contributed by atoms with Gasteiger partial charge in [-0.25, -0.2) is 4.98 Å². The fraction of sp³-hybridized carbons (Fsp3) is 0.462. The summed E-state index contributed by atoms with van der Waals surface area (Å²) in [6.07, 6.45) is 7.21. The zero-order chi connectivity index (χ0) is 23.2. The molecule has 1 aliphatic rings. The highest BCUT2D eigenvalue weighted by Crippen LogP contribution is 2.35. The quantitative estimate of drug-likeness (QED) is 0.348. The summed E-state index contributed by atoms with van der Waals surface area (Å²) in [7, 11) is 1.67. The van der Waals surface area contributed by atoms with Gasteiger partial charge in [-0.05, 0) is 44.2 Å². The van der Waals surface area contributed by atoms with Gasteiger partial charge >= 0.3 is 0 Å². The SMILES string of the molecule is COCCCNC(=O)c1cc(-c2csc(-c3ccccc3Cl)n2)n(CC2CCCCC2)c1C. The molecule has 4 rings (SSSR count). The van der Waals surface area contributed by atoms with Gasteiger partial charge in [0.1, 0.15) is 5.01 Å². The number of hydrogen-bond donors (Lipinski definition) is 1. The molecule has 7 heteroatoms. The number of hydrogen-bond acceptors (Lipinski definition) is 4. The molecular weight excluding hydrogens is 454 g/mol. The van der Waals surface area contributed by atoms with Crippen LogP contribution in [0.1, 0.15) is 54.6 Å². The standard InChI is InChI=1S/C26H32ClN3O2S/c1-18-21(25(31)28-13-8-14-32-2)15-24(30(18)16-19-9-4-3-5-10-19)23-17-33-26(29-23)20-11-6-7-12-22(20)27/h6-7,11-12,15,17,19H,3-5,8-10,13-14,16H2,1-2H3,(H,28,31). The Morgan fingerprint density at radius 2 is 2.06 bits per heavy atom. The zero-order valence-corrected chi connectivity index (χ0v) is 21.0. The van der Waals surface area contributed by atoms with E-state index in [1.54, 1.807) is 18.4 Å². The number of halogens is 1. The van der Waals surface area contributed by atoms with Gasteiger partial charge in [0.05, 0.1) is 22.0 Å². The van der Waals surface area contributed by atoms with E-state index >= 15 is 0 Å². The second-order valence-electron chi connectivity index (χ2n) is 8.76. The molecule has 176 valence electrons. The molecule has 0 aliphatic heterocycles. The van der Waals surface area contributed by atoms with Gasteiger partial charge in [-0.3, -0.25) is 4.79 Å². The van der Waals surface area contributed by atoms with Crippen LogP contribution in [0.3, 0.4) is 0 Å². The van der Waals surface area contributed by atoms with Crippen molar-refractivity contribution in [1.29, 1.82) is 0 Å². The third-order valence-electron chi connectivity index (χ3n) is 6.46. The molecule has 1 aromatic carbocycles. The number of rotatable bonds is 9. The Kier molecular flexibility index (Phi) is 8.23. The molecule has 0 saturated heterocycles. The van der Waals surface area contributed by atoms with Crippen LogP contribution in [0.2, 0.25) is 5.02 Å². The lowest BCUT2D eigenvalue weighted by atomic mass is 9.89. The third kappa shape index (κ3) is 5.68. The van der Waals surface area contributed by atoms with Crippen LogP contribution in [-0.2, 0) is 11.3 Å². The molecule has 2 aromatic heterocycles. The molecule has 0 unspecified atom stereocenters. The normalized spacial score (nSPS) is 14.5. The Hall–Kier alpha value is -2.15. The summed E-state index contributed by atoms with van der Waals surface area (Å²) in [5.41, 5.74) is 4.58. The predicted octanol–water partition coefficient (Wildman–Crippen LogP) is 6.59. The molecular formula is C26H32ClN3O2S. The van der Waals surface area contributed by atoms with E-state index in [1.165, 1.54) is 32.1 Å². The van der Waals surface area contributed by atoms with Crippen molar-refractivity contribution in [1.82, 2.24) is 14.9 Å². The van der Waals surface area contributed by atoms with E-state index in [2.05, 4.69) is 22.2 Å². The van der Waals surface area contributed by atoms with Crippen LogP contribution in [0.15, 0.2) is 35.7 Å². The Bertz CT molecular complexity index is 1090. The maximum atomic E-state index is 13.0. The van der Waals surface area contributed by atoms with Gasteiger partial charge in [0, 0.05) is 43.4 Å². The lowest BCUT2D eigenvalue weighted by Gasteiger charge is -2.24. The first-order valence-corrected chi connectivity index (χ1v) is 13.0. The van der Waals surface area contributed by atoms with Gasteiger partial charge in [-0.1, -0.05) is 49.1 Å². The largest absolute Gasteiger partial charge is 0.385 e. The fourth-order valence-corrected chi connectivity index (χ4v) is 5.75. The van der Waals surface area contributed by atoms with E-state index < -0.39 is 0 Å². The highest BCUT2D eigenvalue weighted by molar-refractivity contribution is 7.13. The molecule has 1 saturated carbocycles. The van der Waals surface area contributed by atoms with Crippen molar-refractivity contribution in [3.63, 3.8) is 0 Å². The first-order chi connectivity index (χ1) is 16.1. The maximum absolute atomic E-state index is 13.0. The Morgan fingerprint density at radius 1 is 1.27 bits per heavy atom. The zero-order valence-electron chi connectivity index (χ0n) is 19.4. The van der Waals surface area contributed by atoms with Gasteiger partial charge in [0.2, 0.25) is 0 Å². The number of nitrogens with zero attached hydrogens (tertiary/aromatic N) is 2. The Labute approximate surface area is 205 Å². The number of thiazole rings is 1. The smallest absolute Gasteiger partial charge is 0.253 e. The summed E-state index contributed by atoms with van der Waals surface area (Å²) >= 11 is 8.00. The van der Waals surface area contributed by atoms with Crippen molar-refractivity contribution in [2.75, 3.05) is 20.3 Å². The number of amides is 1. The van der Waals surface area contributed by atoms with Crippen LogP contribution < -0.4 is 5.32 Å². The molecule has 0 radical (unpaired) electrons. The van der Waals surface area contributed by atoms with Gasteiger partial charge < -0.3 is 14.6 Å². The van der Waals surface area contributed by atoms with Crippen LogP contribution in [0.5, 0.6) is 0 Å². The number of nitrogens with one attached hydrogen (secondary N) is 1. The van der Waals surface area contributed by atoms with Crippen LogP contribution in [0.25, 0.3) is 22.0 Å². The summed E-state index contributed by atoms with van der Waals surface area (Å²) in [4.78, 5) is 17.9. The van der Waals surface area contributed by atoms with Crippen LogP contribution in [-0.4, -0.2) is 35.7 Å². The average Bonchev–Trinajstić information content (AvgIpc) is 3.43. The molecule has 33 heavy (non-hydrogen) atoms. The lowest BCUT2D eigenvalue weighted by Crippen LogP contribution is -2.25. The summed E-state index contributed by atoms with van der Waals surface area (Å²) in [5.74, 6) is 0.608. The number of ether oxygens (including phenoxy) is 1. The highest BCUT2D eigenvalue weighted by atomic mass is 35.5. The van der Waals surface area contributed by atoms with Crippen LogP contribution in [0.4, 0.5) is 0 Å². The minimum atomic E-state index is -0.0335. The topological polar surface area (TPSA) is 56.1 Å². The van der Waals surface area contributed by atoms with Crippen LogP contribution >= 0.6 is 22.9 Å². The molecule has 1 amide bonds. The van der Waals surface area contributed by atoms with Crippen molar-refractivity contribution >= 4 is 28.8 Å². The second-order valence-corrected chi connectivity index (χ2v) is 10.0. The number of benzene rings is 1. The lowest BCUT2D eigenvalue weighted by molar-refractivity contribution is 0.0948. The van der Waals surface area contributed by atoms with Crippen molar-refractivity contribution < 1.29 is 9.53 Å². The average molecular weight is 486 g/mol. The first kappa shape index (κ1) is 24.0. The van der Waals surface area contributed by atoms with Crippen molar-refractivity contribution in [2.45, 2.75) is 52.0 Å². The highest BCUT2D eigenvalue weighted by Gasteiger charge is 2.23. The predicted molar refractivity (Wildman–Crippen MR) is 136 cm³/mol. The van der Waals surface area contributed by atoms with E-state index in [9.17, 15) is 4.79 Å². The van der Waals surface area contributed by atoms with Gasteiger partial charge in [-0.2, -0.15) is 0 Å². The number of carbonyl (C=O) groups is 1. The number of methoxy groups -OCH3 is 1. The van der Waals surface area contributed by atoms with Gasteiger partial charge in [0.15, 0.2) is 0 Å². The monoisotopic (exact) mass is 485 g/mol.